The number of benzene rings is 2. The monoisotopic (exact) mass is 323 g/mol. The van der Waals surface area contributed by atoms with Crippen molar-refractivity contribution in [3.8, 4) is 11.8 Å². The Morgan fingerprint density at radius 3 is 2.54 bits per heavy atom. The van der Waals surface area contributed by atoms with Crippen LogP contribution in [-0.4, -0.2) is 11.5 Å². The Hall–Kier alpha value is -3.33. The van der Waals surface area contributed by atoms with Gasteiger partial charge < -0.3 is 4.74 Å². The minimum Gasteiger partial charge on any atom is -0.488 e. The first-order valence-electron chi connectivity index (χ1n) is 7.28. The molecule has 0 spiro atoms. The minimum absolute atomic E-state index is 0.0107. The summed E-state index contributed by atoms with van der Waals surface area (Å²) in [6.07, 6.45) is 1.67. The zero-order chi connectivity index (χ0) is 17.5. The highest BCUT2D eigenvalue weighted by molar-refractivity contribution is 5.57. The van der Waals surface area contributed by atoms with Crippen LogP contribution in [0.4, 0.5) is 11.4 Å². The molecular weight excluding hydrogens is 306 g/mol. The molecular formula is C18H17N3O3. The molecule has 0 aliphatic heterocycles. The van der Waals surface area contributed by atoms with Gasteiger partial charge in [-0.2, -0.15) is 0 Å². The summed E-state index contributed by atoms with van der Waals surface area (Å²) in [5, 5.41) is 10.6. The third kappa shape index (κ3) is 4.11. The van der Waals surface area contributed by atoms with Gasteiger partial charge in [0.15, 0.2) is 0 Å². The lowest BCUT2D eigenvalue weighted by molar-refractivity contribution is -0.384. The summed E-state index contributed by atoms with van der Waals surface area (Å²) < 4.78 is 5.69. The van der Waals surface area contributed by atoms with Gasteiger partial charge in [0, 0.05) is 12.1 Å². The van der Waals surface area contributed by atoms with Crippen molar-refractivity contribution >= 4 is 11.4 Å². The zero-order valence-electron chi connectivity index (χ0n) is 13.5. The van der Waals surface area contributed by atoms with Gasteiger partial charge in [0.05, 0.1) is 4.92 Å². The Bertz CT molecular complexity index is 818. The van der Waals surface area contributed by atoms with Gasteiger partial charge in [-0.1, -0.05) is 47.6 Å². The Morgan fingerprint density at radius 2 is 1.92 bits per heavy atom. The van der Waals surface area contributed by atoms with Crippen LogP contribution >= 0.6 is 0 Å². The average molecular weight is 323 g/mol. The summed E-state index contributed by atoms with van der Waals surface area (Å²) in [4.78, 5) is 14.1. The molecule has 2 rings (SSSR count). The number of hydrogen-bond acceptors (Lipinski definition) is 3. The number of non-ortho nitro benzene ring substituents is 1. The molecule has 24 heavy (non-hydrogen) atoms. The van der Waals surface area contributed by atoms with Gasteiger partial charge in [-0.15, -0.1) is 0 Å². The van der Waals surface area contributed by atoms with Crippen molar-refractivity contribution in [1.29, 1.82) is 0 Å². The van der Waals surface area contributed by atoms with E-state index in [1.807, 2.05) is 26.0 Å². The molecule has 6 heteroatoms. The van der Waals surface area contributed by atoms with Crippen LogP contribution in [0.1, 0.15) is 16.7 Å². The average Bonchev–Trinajstić information content (AvgIpc) is 2.57. The van der Waals surface area contributed by atoms with Crippen molar-refractivity contribution in [3.63, 3.8) is 0 Å². The van der Waals surface area contributed by atoms with E-state index in [2.05, 4.69) is 23.0 Å². The van der Waals surface area contributed by atoms with Gasteiger partial charge >= 0.3 is 6.07 Å². The molecule has 6 nitrogen and oxygen atoms in total. The molecule has 0 aromatic heterocycles. The van der Waals surface area contributed by atoms with E-state index in [1.54, 1.807) is 6.08 Å². The predicted molar refractivity (Wildman–Crippen MR) is 94.1 cm³/mol. The molecule has 2 aromatic carbocycles. The lowest BCUT2D eigenvalue weighted by atomic mass is 10.1. The highest BCUT2D eigenvalue weighted by Crippen LogP contribution is 2.27. The second-order valence-corrected chi connectivity index (χ2v) is 5.09. The highest BCUT2D eigenvalue weighted by Gasteiger charge is 2.12. The molecule has 0 aliphatic rings. The van der Waals surface area contributed by atoms with Crippen LogP contribution in [0.15, 0.2) is 49.1 Å². The van der Waals surface area contributed by atoms with Crippen LogP contribution in [0.25, 0.3) is 10.4 Å². The zero-order valence-corrected chi connectivity index (χ0v) is 13.5. The number of nitro benzene ring substituents is 1. The maximum Gasteiger partial charge on any atom is 0.313 e. The molecule has 122 valence electrons. The number of ether oxygens (including phenoxy) is 1. The number of hydrogen-bond donors (Lipinski definition) is 0. The molecule has 0 aliphatic carbocycles. The summed E-state index contributed by atoms with van der Waals surface area (Å²) in [6.45, 7) is 7.91. The van der Waals surface area contributed by atoms with Crippen molar-refractivity contribution in [1.82, 2.24) is 0 Å². The van der Waals surface area contributed by atoms with E-state index in [9.17, 15) is 10.1 Å². The summed E-state index contributed by atoms with van der Waals surface area (Å²) >= 11 is 0. The number of rotatable bonds is 5. The van der Waals surface area contributed by atoms with E-state index in [0.29, 0.717) is 18.0 Å². The van der Waals surface area contributed by atoms with Crippen molar-refractivity contribution < 1.29 is 9.66 Å². The largest absolute Gasteiger partial charge is 0.488 e. The SMILES string of the molecule is C=CCOc1c(C)ccc(C)c1C#[N+][N-]c1ccc([N+](=O)[O-])cc1. The molecule has 0 amide bonds. The van der Waals surface area contributed by atoms with Crippen molar-refractivity contribution in [2.45, 2.75) is 13.8 Å². The van der Waals surface area contributed by atoms with E-state index in [-0.39, 0.29) is 5.69 Å². The van der Waals surface area contributed by atoms with E-state index in [4.69, 9.17) is 4.74 Å². The first-order valence-corrected chi connectivity index (χ1v) is 7.28. The maximum absolute atomic E-state index is 10.6. The van der Waals surface area contributed by atoms with Gasteiger partial charge in [0.1, 0.15) is 17.9 Å². The Kier molecular flexibility index (Phi) is 5.53. The van der Waals surface area contributed by atoms with Crippen molar-refractivity contribution in [3.05, 3.63) is 86.2 Å². The number of aryl methyl sites for hydroxylation is 2. The molecule has 0 radical (unpaired) electrons. The molecule has 0 heterocycles. The highest BCUT2D eigenvalue weighted by atomic mass is 16.6. The Balaban J connectivity index is 2.22. The number of nitro groups is 1. The van der Waals surface area contributed by atoms with Crippen LogP contribution in [-0.2, 0) is 0 Å². The molecule has 0 bridgehead atoms. The van der Waals surface area contributed by atoms with Crippen LogP contribution in [0.2, 0.25) is 0 Å². The summed E-state index contributed by atoms with van der Waals surface area (Å²) in [6, 6.07) is 12.6. The standard InChI is InChI=1S/C18H17N3O3/c1-4-11-24-18-14(3)6-5-13(2)17(18)12-19-20-15-7-9-16(10-8-15)21(22)23/h4-10H,1,11H2,2-3H3. The fraction of sp³-hybridized carbons (Fsp3) is 0.167. The van der Waals surface area contributed by atoms with Gasteiger partial charge in [0.2, 0.25) is 0 Å². The fourth-order valence-corrected chi connectivity index (χ4v) is 2.03. The third-order valence-electron chi connectivity index (χ3n) is 3.30. The van der Waals surface area contributed by atoms with Gasteiger partial charge in [-0.3, -0.25) is 15.5 Å². The van der Waals surface area contributed by atoms with Crippen LogP contribution in [0.3, 0.4) is 0 Å². The third-order valence-corrected chi connectivity index (χ3v) is 3.30. The van der Waals surface area contributed by atoms with E-state index in [1.165, 1.54) is 24.3 Å². The predicted octanol–water partition coefficient (Wildman–Crippen LogP) is 5.08. The van der Waals surface area contributed by atoms with E-state index >= 15 is 0 Å². The fourth-order valence-electron chi connectivity index (χ4n) is 2.03. The van der Waals surface area contributed by atoms with Crippen LogP contribution < -0.4 is 4.74 Å². The quantitative estimate of drug-likeness (QED) is 0.438. The topological polar surface area (TPSA) is 70.8 Å². The van der Waals surface area contributed by atoms with Gasteiger partial charge in [0.25, 0.3) is 5.69 Å². The Morgan fingerprint density at radius 1 is 1.25 bits per heavy atom. The molecule has 2 aromatic rings. The molecule has 0 atom stereocenters. The Labute approximate surface area is 140 Å². The van der Waals surface area contributed by atoms with Crippen LogP contribution in [0.5, 0.6) is 5.75 Å². The summed E-state index contributed by atoms with van der Waals surface area (Å²) in [5.41, 5.74) is 7.18. The first-order chi connectivity index (χ1) is 11.5. The number of nitrogens with zero attached hydrogens (tertiary/aromatic N) is 3. The molecule has 0 unspecified atom stereocenters. The summed E-state index contributed by atoms with van der Waals surface area (Å²) in [7, 11) is 0. The summed E-state index contributed by atoms with van der Waals surface area (Å²) in [5.74, 6) is 0.692. The maximum atomic E-state index is 10.6. The molecule has 0 fully saturated rings. The molecule has 0 saturated carbocycles. The molecule has 0 N–H and O–H groups in total. The van der Waals surface area contributed by atoms with E-state index < -0.39 is 4.92 Å². The van der Waals surface area contributed by atoms with Gasteiger partial charge in [-0.25, -0.2) is 0 Å². The van der Waals surface area contributed by atoms with Gasteiger partial charge in [-0.05, 0) is 25.0 Å². The van der Waals surface area contributed by atoms with Crippen molar-refractivity contribution in [2.24, 2.45) is 0 Å². The normalized spacial score (nSPS) is 9.58. The van der Waals surface area contributed by atoms with E-state index in [0.717, 1.165) is 16.7 Å². The smallest absolute Gasteiger partial charge is 0.313 e. The van der Waals surface area contributed by atoms with Crippen molar-refractivity contribution in [2.75, 3.05) is 6.61 Å². The second-order valence-electron chi connectivity index (χ2n) is 5.09. The lowest BCUT2D eigenvalue weighted by Crippen LogP contribution is -1.99. The van der Waals surface area contributed by atoms with Crippen LogP contribution in [0, 0.1) is 30.0 Å². The minimum atomic E-state index is -0.460. The lowest BCUT2D eigenvalue weighted by Gasteiger charge is -2.09. The molecule has 0 saturated heterocycles. The first kappa shape index (κ1) is 17.0. The second kappa shape index (κ2) is 7.79.